The second-order valence-corrected chi connectivity index (χ2v) is 5.39. The number of aromatic nitrogens is 1. The number of rotatable bonds is 3. The Hall–Kier alpha value is -1.62. The molecule has 0 radical (unpaired) electrons. The third-order valence-corrected chi connectivity index (χ3v) is 3.89. The van der Waals surface area contributed by atoms with E-state index in [0.717, 1.165) is 26.6 Å². The molecule has 1 aromatic heterocycles. The molecule has 0 amide bonds. The molecule has 0 spiro atoms. The van der Waals surface area contributed by atoms with E-state index in [-0.39, 0.29) is 18.3 Å². The van der Waals surface area contributed by atoms with Gasteiger partial charge in [0.25, 0.3) is 0 Å². The molecule has 0 N–H and O–H groups in total. The largest absolute Gasteiger partial charge is 0.466 e. The van der Waals surface area contributed by atoms with E-state index < -0.39 is 0 Å². The number of esters is 1. The van der Waals surface area contributed by atoms with Crippen LogP contribution in [-0.4, -0.2) is 23.1 Å². The molecule has 0 saturated carbocycles. The molecule has 106 valence electrons. The zero-order valence-corrected chi connectivity index (χ0v) is 13.3. The molecule has 0 aliphatic rings. The lowest BCUT2D eigenvalue weighted by molar-refractivity contribution is -0.142. The van der Waals surface area contributed by atoms with Crippen LogP contribution in [0.15, 0.2) is 22.7 Å². The monoisotopic (exact) mass is 337 g/mol. The first kappa shape index (κ1) is 14.8. The van der Waals surface area contributed by atoms with Crippen LogP contribution >= 0.6 is 15.9 Å². The number of fused-ring (bicyclic) bond motifs is 1. The number of hydrogen-bond acceptors (Lipinski definition) is 3. The Morgan fingerprint density at radius 3 is 2.65 bits per heavy atom. The number of ether oxygens (including phenoxy) is 1. The minimum atomic E-state index is -0.279. The number of halogens is 1. The summed E-state index contributed by atoms with van der Waals surface area (Å²) in [7, 11) is 0. The quantitative estimate of drug-likeness (QED) is 0.805. The van der Waals surface area contributed by atoms with Gasteiger partial charge < -0.3 is 4.74 Å². The van der Waals surface area contributed by atoms with Gasteiger partial charge in [0.05, 0.1) is 18.5 Å². The van der Waals surface area contributed by atoms with Crippen LogP contribution in [-0.2, 0) is 16.0 Å². The zero-order chi connectivity index (χ0) is 14.9. The highest BCUT2D eigenvalue weighted by Gasteiger charge is 2.20. The maximum absolute atomic E-state index is 11.9. The summed E-state index contributed by atoms with van der Waals surface area (Å²) in [5.74, 6) is -0.354. The highest BCUT2D eigenvalue weighted by Crippen LogP contribution is 2.31. The van der Waals surface area contributed by atoms with E-state index in [4.69, 9.17) is 4.74 Å². The molecule has 2 aromatic rings. The first-order valence-electron chi connectivity index (χ1n) is 6.42. The fourth-order valence-corrected chi connectivity index (χ4v) is 3.00. The van der Waals surface area contributed by atoms with Gasteiger partial charge >= 0.3 is 5.97 Å². The van der Waals surface area contributed by atoms with Crippen LogP contribution in [0.2, 0.25) is 0 Å². The molecule has 5 heteroatoms. The van der Waals surface area contributed by atoms with Crippen molar-refractivity contribution >= 4 is 38.7 Å². The first-order chi connectivity index (χ1) is 9.47. The van der Waals surface area contributed by atoms with Crippen LogP contribution in [0.3, 0.4) is 0 Å². The van der Waals surface area contributed by atoms with Gasteiger partial charge in [0.1, 0.15) is 0 Å². The molecule has 0 fully saturated rings. The zero-order valence-electron chi connectivity index (χ0n) is 11.7. The van der Waals surface area contributed by atoms with Crippen LogP contribution in [0.4, 0.5) is 0 Å². The fraction of sp³-hybridized carbons (Fsp3) is 0.333. The van der Waals surface area contributed by atoms with Crippen molar-refractivity contribution in [3.05, 3.63) is 33.9 Å². The normalized spacial score (nSPS) is 10.8. The first-order valence-corrected chi connectivity index (χ1v) is 7.21. The maximum atomic E-state index is 11.9. The number of hydrogen-bond donors (Lipinski definition) is 0. The van der Waals surface area contributed by atoms with Gasteiger partial charge in [-0.3, -0.25) is 14.2 Å². The molecule has 0 aliphatic heterocycles. The third kappa shape index (κ3) is 2.50. The van der Waals surface area contributed by atoms with Crippen molar-refractivity contribution < 1.29 is 14.3 Å². The molecule has 0 bridgehead atoms. The van der Waals surface area contributed by atoms with Gasteiger partial charge in [0.2, 0.25) is 5.91 Å². The fourth-order valence-electron chi connectivity index (χ4n) is 2.46. The van der Waals surface area contributed by atoms with Gasteiger partial charge in [-0.2, -0.15) is 0 Å². The number of benzene rings is 1. The van der Waals surface area contributed by atoms with Crippen molar-refractivity contribution in [3.63, 3.8) is 0 Å². The van der Waals surface area contributed by atoms with Gasteiger partial charge in [-0.05, 0) is 41.4 Å². The summed E-state index contributed by atoms with van der Waals surface area (Å²) in [4.78, 5) is 23.6. The molecule has 1 heterocycles. The van der Waals surface area contributed by atoms with Gasteiger partial charge in [-0.1, -0.05) is 12.1 Å². The molecule has 0 aliphatic carbocycles. The van der Waals surface area contributed by atoms with E-state index in [1.54, 1.807) is 11.5 Å². The summed E-state index contributed by atoms with van der Waals surface area (Å²) in [6.45, 7) is 5.50. The molecule has 4 nitrogen and oxygen atoms in total. The lowest BCUT2D eigenvalue weighted by atomic mass is 10.1. The van der Waals surface area contributed by atoms with Crippen molar-refractivity contribution in [3.8, 4) is 0 Å². The van der Waals surface area contributed by atoms with Gasteiger partial charge in [-0.15, -0.1) is 0 Å². The summed E-state index contributed by atoms with van der Waals surface area (Å²) in [6.07, 6.45) is 0.174. The van der Waals surface area contributed by atoms with Gasteiger partial charge in [0.15, 0.2) is 0 Å². The summed E-state index contributed by atoms with van der Waals surface area (Å²) >= 11 is 3.47. The molecular formula is C15H16BrNO3. The van der Waals surface area contributed by atoms with Crippen molar-refractivity contribution in [1.82, 2.24) is 4.57 Å². The molecule has 20 heavy (non-hydrogen) atoms. The topological polar surface area (TPSA) is 48.3 Å². The Bertz CT molecular complexity index is 688. The minimum absolute atomic E-state index is 0.0745. The summed E-state index contributed by atoms with van der Waals surface area (Å²) < 4.78 is 7.47. The average molecular weight is 338 g/mol. The highest BCUT2D eigenvalue weighted by molar-refractivity contribution is 9.10. The summed E-state index contributed by atoms with van der Waals surface area (Å²) in [5.41, 5.74) is 2.43. The molecular weight excluding hydrogens is 322 g/mol. The predicted molar refractivity (Wildman–Crippen MR) is 81.0 cm³/mol. The predicted octanol–water partition coefficient (Wildman–Crippen LogP) is 3.48. The molecule has 2 rings (SSSR count). The van der Waals surface area contributed by atoms with Gasteiger partial charge in [-0.25, -0.2) is 0 Å². The Labute approximate surface area is 125 Å². The Morgan fingerprint density at radius 2 is 2.05 bits per heavy atom. The highest BCUT2D eigenvalue weighted by atomic mass is 79.9. The van der Waals surface area contributed by atoms with E-state index in [1.807, 2.05) is 25.1 Å². The SMILES string of the molecule is CCOC(=O)Cc1c(C)n(C(C)=O)c2c(Br)cccc12. The van der Waals surface area contributed by atoms with Crippen LogP contribution in [0.25, 0.3) is 10.9 Å². The van der Waals surface area contributed by atoms with E-state index in [9.17, 15) is 9.59 Å². The van der Waals surface area contributed by atoms with E-state index >= 15 is 0 Å². The second kappa shape index (κ2) is 5.79. The Kier molecular flexibility index (Phi) is 4.28. The van der Waals surface area contributed by atoms with Gasteiger partial charge in [0, 0.05) is 22.5 Å². The standard InChI is InChI=1S/C15H16BrNO3/c1-4-20-14(19)8-12-9(2)17(10(3)18)15-11(12)6-5-7-13(15)16/h5-7H,4,8H2,1-3H3. The Morgan fingerprint density at radius 1 is 1.35 bits per heavy atom. The van der Waals surface area contributed by atoms with Crippen LogP contribution in [0.1, 0.15) is 29.9 Å². The lowest BCUT2D eigenvalue weighted by Crippen LogP contribution is -2.11. The summed E-state index contributed by atoms with van der Waals surface area (Å²) in [6, 6.07) is 5.70. The lowest BCUT2D eigenvalue weighted by Gasteiger charge is -2.04. The number of carbonyl (C=O) groups excluding carboxylic acids is 2. The van der Waals surface area contributed by atoms with Crippen molar-refractivity contribution in [1.29, 1.82) is 0 Å². The second-order valence-electron chi connectivity index (χ2n) is 4.54. The summed E-state index contributed by atoms with van der Waals surface area (Å²) in [5, 5.41) is 0.903. The molecule has 0 atom stereocenters. The van der Waals surface area contributed by atoms with E-state index in [2.05, 4.69) is 15.9 Å². The molecule has 0 unspecified atom stereocenters. The number of carbonyl (C=O) groups is 2. The minimum Gasteiger partial charge on any atom is -0.466 e. The molecule has 1 aromatic carbocycles. The van der Waals surface area contributed by atoms with Crippen LogP contribution in [0, 0.1) is 6.92 Å². The smallest absolute Gasteiger partial charge is 0.310 e. The van der Waals surface area contributed by atoms with Crippen molar-refractivity contribution in [2.45, 2.75) is 27.2 Å². The Balaban J connectivity index is 2.66. The molecule has 0 saturated heterocycles. The van der Waals surface area contributed by atoms with E-state index in [0.29, 0.717) is 6.61 Å². The van der Waals surface area contributed by atoms with Crippen LogP contribution in [0.5, 0.6) is 0 Å². The third-order valence-electron chi connectivity index (χ3n) is 3.25. The number of nitrogens with zero attached hydrogens (tertiary/aromatic N) is 1. The van der Waals surface area contributed by atoms with Crippen molar-refractivity contribution in [2.24, 2.45) is 0 Å². The van der Waals surface area contributed by atoms with Crippen LogP contribution < -0.4 is 0 Å². The maximum Gasteiger partial charge on any atom is 0.310 e. The van der Waals surface area contributed by atoms with E-state index in [1.165, 1.54) is 6.92 Å². The number of para-hydroxylation sites is 1. The van der Waals surface area contributed by atoms with Crippen molar-refractivity contribution in [2.75, 3.05) is 6.61 Å². The average Bonchev–Trinajstić information content (AvgIpc) is 2.65.